The molecule has 6 nitrogen and oxygen atoms in total. The molecule has 0 saturated carbocycles. The van der Waals surface area contributed by atoms with Crippen LogP contribution in [0.3, 0.4) is 0 Å². The van der Waals surface area contributed by atoms with Crippen LogP contribution in [0, 0.1) is 5.82 Å². The Morgan fingerprint density at radius 3 is 2.64 bits per heavy atom. The number of nitrogens with zero attached hydrogens (tertiary/aromatic N) is 4. The second-order valence-corrected chi connectivity index (χ2v) is 4.99. The maximum atomic E-state index is 13.4. The molecule has 2 rings (SSSR count). The van der Waals surface area contributed by atoms with Crippen LogP contribution in [0.15, 0.2) is 47.8 Å². The molecule has 0 radical (unpaired) electrons. The SMILES string of the molecule is [N-]=[N+]=NC(Cc1ccc(Cl)cc1)(C(=O)O)c1cncc(F)c1. The zero-order chi connectivity index (χ0) is 16.2. The van der Waals surface area contributed by atoms with Gasteiger partial charge in [0.1, 0.15) is 5.82 Å². The van der Waals surface area contributed by atoms with Crippen molar-refractivity contribution < 1.29 is 14.3 Å². The minimum Gasteiger partial charge on any atom is -0.480 e. The van der Waals surface area contributed by atoms with Gasteiger partial charge < -0.3 is 5.11 Å². The van der Waals surface area contributed by atoms with Gasteiger partial charge in [0.05, 0.1) is 6.20 Å². The summed E-state index contributed by atoms with van der Waals surface area (Å²) in [7, 11) is 0. The smallest absolute Gasteiger partial charge is 0.320 e. The highest BCUT2D eigenvalue weighted by Gasteiger charge is 2.40. The van der Waals surface area contributed by atoms with Crippen molar-refractivity contribution in [3.63, 3.8) is 0 Å². The molecule has 1 unspecified atom stereocenters. The lowest BCUT2D eigenvalue weighted by Gasteiger charge is -2.24. The van der Waals surface area contributed by atoms with Gasteiger partial charge in [0.2, 0.25) is 0 Å². The van der Waals surface area contributed by atoms with Crippen LogP contribution >= 0.6 is 11.6 Å². The highest BCUT2D eigenvalue weighted by atomic mass is 35.5. The fourth-order valence-electron chi connectivity index (χ4n) is 2.05. The van der Waals surface area contributed by atoms with Crippen molar-refractivity contribution in [2.75, 3.05) is 0 Å². The van der Waals surface area contributed by atoms with Crippen LogP contribution in [0.25, 0.3) is 10.4 Å². The van der Waals surface area contributed by atoms with E-state index >= 15 is 0 Å². The third-order valence-corrected chi connectivity index (χ3v) is 3.38. The van der Waals surface area contributed by atoms with Gasteiger partial charge in [-0.2, -0.15) is 0 Å². The van der Waals surface area contributed by atoms with Gasteiger partial charge in [-0.15, -0.1) is 0 Å². The Labute approximate surface area is 129 Å². The van der Waals surface area contributed by atoms with Crippen molar-refractivity contribution in [2.24, 2.45) is 5.11 Å². The number of carbonyl (C=O) groups is 1. The van der Waals surface area contributed by atoms with Crippen LogP contribution in [-0.2, 0) is 16.8 Å². The van der Waals surface area contributed by atoms with Crippen molar-refractivity contribution in [1.29, 1.82) is 0 Å². The molecule has 1 heterocycles. The first-order chi connectivity index (χ1) is 10.5. The average molecular weight is 321 g/mol. The van der Waals surface area contributed by atoms with Crippen molar-refractivity contribution in [1.82, 2.24) is 4.98 Å². The van der Waals surface area contributed by atoms with Crippen molar-refractivity contribution in [3.05, 3.63) is 75.1 Å². The van der Waals surface area contributed by atoms with Gasteiger partial charge in [-0.1, -0.05) is 28.8 Å². The van der Waals surface area contributed by atoms with Crippen LogP contribution in [0.1, 0.15) is 11.1 Å². The van der Waals surface area contributed by atoms with Crippen LogP contribution < -0.4 is 0 Å². The molecule has 2 aromatic rings. The van der Waals surface area contributed by atoms with Crippen LogP contribution in [0.5, 0.6) is 0 Å². The van der Waals surface area contributed by atoms with E-state index in [0.29, 0.717) is 10.6 Å². The van der Waals surface area contributed by atoms with E-state index in [2.05, 4.69) is 15.0 Å². The number of rotatable bonds is 5. The molecule has 0 amide bonds. The number of hydrogen-bond donors (Lipinski definition) is 1. The first-order valence-electron chi connectivity index (χ1n) is 6.13. The Kier molecular flexibility index (Phi) is 4.60. The van der Waals surface area contributed by atoms with Crippen molar-refractivity contribution in [3.8, 4) is 0 Å². The molecule has 8 heteroatoms. The number of halogens is 2. The summed E-state index contributed by atoms with van der Waals surface area (Å²) < 4.78 is 13.4. The summed E-state index contributed by atoms with van der Waals surface area (Å²) in [6.45, 7) is 0. The summed E-state index contributed by atoms with van der Waals surface area (Å²) in [6, 6.07) is 7.39. The van der Waals surface area contributed by atoms with Gasteiger partial charge in [-0.25, -0.2) is 4.39 Å². The second kappa shape index (κ2) is 6.43. The number of aromatic nitrogens is 1. The predicted octanol–water partition coefficient (Wildman–Crippen LogP) is 3.71. The zero-order valence-corrected chi connectivity index (χ0v) is 11.9. The molecule has 22 heavy (non-hydrogen) atoms. The fourth-order valence-corrected chi connectivity index (χ4v) is 2.18. The molecule has 0 spiro atoms. The Balaban J connectivity index is 2.56. The highest BCUT2D eigenvalue weighted by Crippen LogP contribution is 2.31. The minimum atomic E-state index is -1.99. The lowest BCUT2D eigenvalue weighted by atomic mass is 9.85. The average Bonchev–Trinajstić information content (AvgIpc) is 2.48. The third-order valence-electron chi connectivity index (χ3n) is 3.12. The van der Waals surface area contributed by atoms with Gasteiger partial charge in [0.15, 0.2) is 5.54 Å². The van der Waals surface area contributed by atoms with E-state index in [9.17, 15) is 14.3 Å². The third kappa shape index (κ3) is 3.16. The Hall–Kier alpha value is -2.63. The molecule has 0 bridgehead atoms. The molecule has 112 valence electrons. The van der Waals surface area contributed by atoms with Gasteiger partial charge in [-0.05, 0) is 41.3 Å². The fraction of sp³-hybridized carbons (Fsp3) is 0.143. The summed E-state index contributed by atoms with van der Waals surface area (Å²) in [5.74, 6) is -2.11. The second-order valence-electron chi connectivity index (χ2n) is 4.55. The van der Waals surface area contributed by atoms with Crippen molar-refractivity contribution >= 4 is 17.6 Å². The molecule has 1 N–H and O–H groups in total. The first-order valence-corrected chi connectivity index (χ1v) is 6.51. The lowest BCUT2D eigenvalue weighted by Crippen LogP contribution is -2.36. The molecule has 0 fully saturated rings. The standard InChI is InChI=1S/C14H10ClFN4O2/c15-11-3-1-9(2-4-11)6-14(13(21)22,19-20-17)10-5-12(16)8-18-7-10/h1-5,7-8H,6H2,(H,21,22). The number of benzene rings is 1. The number of carboxylic acid groups (broad SMARTS) is 1. The van der Waals surface area contributed by atoms with Crippen LogP contribution in [0.2, 0.25) is 5.02 Å². The van der Waals surface area contributed by atoms with Gasteiger partial charge in [0, 0.05) is 16.1 Å². The molecule has 0 saturated heterocycles. The first kappa shape index (κ1) is 15.8. The Morgan fingerprint density at radius 1 is 1.41 bits per heavy atom. The number of carboxylic acids is 1. The number of pyridine rings is 1. The maximum absolute atomic E-state index is 13.4. The molecule has 0 aliphatic heterocycles. The quantitative estimate of drug-likeness (QED) is 0.516. The van der Waals surface area contributed by atoms with E-state index in [-0.39, 0.29) is 12.0 Å². The normalized spacial score (nSPS) is 13.0. The summed E-state index contributed by atoms with van der Waals surface area (Å²) >= 11 is 5.79. The van der Waals surface area contributed by atoms with E-state index in [1.807, 2.05) is 0 Å². The van der Waals surface area contributed by atoms with Gasteiger partial charge >= 0.3 is 5.97 Å². The summed E-state index contributed by atoms with van der Waals surface area (Å²) in [5.41, 5.74) is 7.31. The number of azide groups is 1. The maximum Gasteiger partial charge on any atom is 0.320 e. The largest absolute Gasteiger partial charge is 0.480 e. The van der Waals surface area contributed by atoms with E-state index in [1.54, 1.807) is 24.3 Å². The van der Waals surface area contributed by atoms with Gasteiger partial charge in [0.25, 0.3) is 0 Å². The molecule has 1 aromatic carbocycles. The Bertz CT molecular complexity index is 743. The van der Waals surface area contributed by atoms with E-state index in [1.165, 1.54) is 6.20 Å². The summed E-state index contributed by atoms with van der Waals surface area (Å²) in [6.07, 6.45) is 1.95. The van der Waals surface area contributed by atoms with E-state index in [0.717, 1.165) is 12.3 Å². The summed E-state index contributed by atoms with van der Waals surface area (Å²) in [5, 5.41) is 13.5. The highest BCUT2D eigenvalue weighted by molar-refractivity contribution is 6.30. The molecule has 0 aliphatic rings. The van der Waals surface area contributed by atoms with Crippen molar-refractivity contribution in [2.45, 2.75) is 12.0 Å². The van der Waals surface area contributed by atoms with Gasteiger partial charge in [-0.3, -0.25) is 9.78 Å². The Morgan fingerprint density at radius 2 is 2.09 bits per heavy atom. The summed E-state index contributed by atoms with van der Waals surface area (Å²) in [4.78, 5) is 18.0. The predicted molar refractivity (Wildman–Crippen MR) is 77.8 cm³/mol. The minimum absolute atomic E-state index is 0.0345. The lowest BCUT2D eigenvalue weighted by molar-refractivity contribution is -0.143. The monoisotopic (exact) mass is 320 g/mol. The van der Waals surface area contributed by atoms with E-state index in [4.69, 9.17) is 17.1 Å². The zero-order valence-electron chi connectivity index (χ0n) is 11.1. The molecule has 0 aliphatic carbocycles. The topological polar surface area (TPSA) is 99.0 Å². The molecule has 1 atom stereocenters. The molecule has 1 aromatic heterocycles. The van der Waals surface area contributed by atoms with E-state index < -0.39 is 17.3 Å². The molecular weight excluding hydrogens is 311 g/mol. The van der Waals surface area contributed by atoms with Crippen LogP contribution in [-0.4, -0.2) is 16.1 Å². The molecular formula is C14H10ClFN4O2. The van der Waals surface area contributed by atoms with Crippen LogP contribution in [0.4, 0.5) is 4.39 Å². The number of aliphatic carboxylic acids is 1. The number of hydrogen-bond acceptors (Lipinski definition) is 3.